The Bertz CT molecular complexity index is 710. The Morgan fingerprint density at radius 3 is 1.96 bits per heavy atom. The molecule has 25 heavy (non-hydrogen) atoms. The molecule has 2 aromatic rings. The first kappa shape index (κ1) is 17.7. The van der Waals surface area contributed by atoms with Crippen LogP contribution in [0.3, 0.4) is 0 Å². The van der Waals surface area contributed by atoms with Gasteiger partial charge in [-0.15, -0.1) is 0 Å². The van der Waals surface area contributed by atoms with Gasteiger partial charge in [-0.3, -0.25) is 0 Å². The van der Waals surface area contributed by atoms with Gasteiger partial charge in [0.15, 0.2) is 0 Å². The first-order valence-electron chi connectivity index (χ1n) is 9.82. The lowest BCUT2D eigenvalue weighted by molar-refractivity contribution is 0.273. The Balaban J connectivity index is 1.78. The molecular weight excluding hydrogens is 302 g/mol. The van der Waals surface area contributed by atoms with Gasteiger partial charge in [-0.2, -0.15) is 5.26 Å². The smallest absolute Gasteiger partial charge is 0.0822 e. The molecule has 0 aromatic heterocycles. The highest BCUT2D eigenvalue weighted by Gasteiger charge is 2.36. The maximum atomic E-state index is 9.87. The molecule has 1 aliphatic carbocycles. The number of rotatable bonds is 5. The Morgan fingerprint density at radius 1 is 0.920 bits per heavy atom. The van der Waals surface area contributed by atoms with Crippen LogP contribution in [0.25, 0.3) is 11.1 Å². The molecule has 1 heteroatoms. The highest BCUT2D eigenvalue weighted by molar-refractivity contribution is 5.64. The maximum absolute atomic E-state index is 9.87. The third-order valence-corrected chi connectivity index (χ3v) is 6.01. The summed E-state index contributed by atoms with van der Waals surface area (Å²) in [6.07, 6.45) is 7.95. The minimum atomic E-state index is -0.269. The van der Waals surface area contributed by atoms with E-state index in [0.717, 1.165) is 25.2 Å². The van der Waals surface area contributed by atoms with Crippen LogP contribution < -0.4 is 0 Å². The highest BCUT2D eigenvalue weighted by Crippen LogP contribution is 2.42. The summed E-state index contributed by atoms with van der Waals surface area (Å²) < 4.78 is 0. The molecule has 0 bridgehead atoms. The first-order valence-corrected chi connectivity index (χ1v) is 9.82. The third-order valence-electron chi connectivity index (χ3n) is 6.01. The predicted octanol–water partition coefficient (Wildman–Crippen LogP) is 6.67. The highest BCUT2D eigenvalue weighted by atomic mass is 14.4. The van der Waals surface area contributed by atoms with Crippen LogP contribution in [0.2, 0.25) is 0 Å². The van der Waals surface area contributed by atoms with Crippen LogP contribution in [-0.4, -0.2) is 0 Å². The van der Waals surface area contributed by atoms with Gasteiger partial charge in [0.25, 0.3) is 0 Å². The minimum Gasteiger partial charge on any atom is -0.197 e. The maximum Gasteiger partial charge on any atom is 0.0822 e. The Kier molecular flexibility index (Phi) is 5.59. The number of hydrogen-bond donors (Lipinski definition) is 0. The Morgan fingerprint density at radius 2 is 1.48 bits per heavy atom. The van der Waals surface area contributed by atoms with E-state index >= 15 is 0 Å². The molecule has 1 aliphatic rings. The Labute approximate surface area is 152 Å². The van der Waals surface area contributed by atoms with Crippen LogP contribution in [0.5, 0.6) is 0 Å². The van der Waals surface area contributed by atoms with Crippen LogP contribution in [-0.2, 0) is 11.8 Å². The second kappa shape index (κ2) is 7.87. The van der Waals surface area contributed by atoms with Gasteiger partial charge in [-0.05, 0) is 60.3 Å². The molecule has 0 atom stereocenters. The molecule has 0 N–H and O–H groups in total. The molecule has 0 spiro atoms. The fraction of sp³-hybridized carbons (Fsp3) is 0.458. The molecule has 0 saturated heterocycles. The van der Waals surface area contributed by atoms with Crippen molar-refractivity contribution in [2.24, 2.45) is 5.92 Å². The van der Waals surface area contributed by atoms with Crippen LogP contribution in [0.1, 0.15) is 63.5 Å². The van der Waals surface area contributed by atoms with Gasteiger partial charge in [-0.1, -0.05) is 75.2 Å². The quantitative estimate of drug-likeness (QED) is 0.600. The fourth-order valence-electron chi connectivity index (χ4n) is 4.18. The molecule has 130 valence electrons. The van der Waals surface area contributed by atoms with Gasteiger partial charge in [0, 0.05) is 0 Å². The van der Waals surface area contributed by atoms with E-state index in [0.29, 0.717) is 0 Å². The molecule has 1 nitrogen and oxygen atoms in total. The van der Waals surface area contributed by atoms with Gasteiger partial charge < -0.3 is 0 Å². The molecule has 1 saturated carbocycles. The summed E-state index contributed by atoms with van der Waals surface area (Å²) in [4.78, 5) is 0. The van der Waals surface area contributed by atoms with Crippen molar-refractivity contribution in [2.45, 2.75) is 64.2 Å². The zero-order chi connectivity index (χ0) is 17.7. The summed E-state index contributed by atoms with van der Waals surface area (Å²) in [6, 6.07) is 20.3. The first-order chi connectivity index (χ1) is 12.2. The van der Waals surface area contributed by atoms with Gasteiger partial charge in [-0.25, -0.2) is 0 Å². The Hall–Kier alpha value is -2.07. The van der Waals surface area contributed by atoms with Gasteiger partial charge >= 0.3 is 0 Å². The number of aryl methyl sites for hydroxylation is 1. The SMILES string of the molecule is CCCc1ccc(-c2ccc(C3(C#N)CCC(CC)CC3)cc2)cc1. The van der Waals surface area contributed by atoms with Crippen LogP contribution in [0.15, 0.2) is 48.5 Å². The number of nitrogens with zero attached hydrogens (tertiary/aromatic N) is 1. The lowest BCUT2D eigenvalue weighted by atomic mass is 9.67. The summed E-state index contributed by atoms with van der Waals surface area (Å²) in [5, 5.41) is 9.87. The van der Waals surface area contributed by atoms with Crippen molar-refractivity contribution >= 4 is 0 Å². The topological polar surface area (TPSA) is 23.8 Å². The lowest BCUT2D eigenvalue weighted by Gasteiger charge is -2.35. The summed E-state index contributed by atoms with van der Waals surface area (Å²) >= 11 is 0. The summed E-state index contributed by atoms with van der Waals surface area (Å²) in [6.45, 7) is 4.48. The van der Waals surface area contributed by atoms with Crippen molar-refractivity contribution in [1.29, 1.82) is 5.26 Å². The zero-order valence-electron chi connectivity index (χ0n) is 15.6. The zero-order valence-corrected chi connectivity index (χ0v) is 15.6. The van der Waals surface area contributed by atoms with E-state index in [4.69, 9.17) is 0 Å². The molecule has 0 heterocycles. The standard InChI is InChI=1S/C24H29N/c1-3-5-20-6-8-21(9-7-20)22-10-12-23(13-11-22)24(18-25)16-14-19(4-2)15-17-24/h6-13,19H,3-5,14-17H2,1-2H3. The summed E-state index contributed by atoms with van der Waals surface area (Å²) in [5.41, 5.74) is 4.83. The monoisotopic (exact) mass is 331 g/mol. The average Bonchev–Trinajstić information content (AvgIpc) is 2.69. The molecule has 1 fully saturated rings. The van der Waals surface area contributed by atoms with Crippen molar-refractivity contribution in [2.75, 3.05) is 0 Å². The largest absolute Gasteiger partial charge is 0.197 e. The molecule has 0 amide bonds. The fourth-order valence-corrected chi connectivity index (χ4v) is 4.18. The van der Waals surface area contributed by atoms with Crippen molar-refractivity contribution < 1.29 is 0 Å². The van der Waals surface area contributed by atoms with E-state index in [1.165, 1.54) is 47.9 Å². The molecule has 0 unspecified atom stereocenters. The molecular formula is C24H29N. The van der Waals surface area contributed by atoms with E-state index in [1.54, 1.807) is 0 Å². The van der Waals surface area contributed by atoms with Gasteiger partial charge in [0.05, 0.1) is 11.5 Å². The predicted molar refractivity (Wildman–Crippen MR) is 105 cm³/mol. The molecule has 0 aliphatic heterocycles. The average molecular weight is 332 g/mol. The summed E-state index contributed by atoms with van der Waals surface area (Å²) in [5.74, 6) is 0.808. The van der Waals surface area contributed by atoms with E-state index in [2.05, 4.69) is 68.4 Å². The second-order valence-corrected chi connectivity index (χ2v) is 7.57. The number of benzene rings is 2. The minimum absolute atomic E-state index is 0.269. The lowest BCUT2D eigenvalue weighted by Crippen LogP contribution is -2.30. The second-order valence-electron chi connectivity index (χ2n) is 7.57. The van der Waals surface area contributed by atoms with Crippen molar-refractivity contribution in [3.63, 3.8) is 0 Å². The van der Waals surface area contributed by atoms with Gasteiger partial charge in [0.1, 0.15) is 0 Å². The molecule has 2 aromatic carbocycles. The normalized spacial score (nSPS) is 23.2. The van der Waals surface area contributed by atoms with Crippen LogP contribution >= 0.6 is 0 Å². The van der Waals surface area contributed by atoms with Crippen LogP contribution in [0.4, 0.5) is 0 Å². The molecule has 3 rings (SSSR count). The van der Waals surface area contributed by atoms with E-state index < -0.39 is 0 Å². The number of hydrogen-bond acceptors (Lipinski definition) is 1. The molecule has 0 radical (unpaired) electrons. The summed E-state index contributed by atoms with van der Waals surface area (Å²) in [7, 11) is 0. The van der Waals surface area contributed by atoms with E-state index in [-0.39, 0.29) is 5.41 Å². The third kappa shape index (κ3) is 3.79. The van der Waals surface area contributed by atoms with Crippen LogP contribution in [0, 0.1) is 17.2 Å². The van der Waals surface area contributed by atoms with Gasteiger partial charge in [0.2, 0.25) is 0 Å². The van der Waals surface area contributed by atoms with Crippen molar-refractivity contribution in [3.8, 4) is 17.2 Å². The number of nitriles is 1. The van der Waals surface area contributed by atoms with Crippen molar-refractivity contribution in [3.05, 3.63) is 59.7 Å². The van der Waals surface area contributed by atoms with Crippen molar-refractivity contribution in [1.82, 2.24) is 0 Å². The van der Waals surface area contributed by atoms with E-state index in [9.17, 15) is 5.26 Å². The van der Waals surface area contributed by atoms with E-state index in [1.807, 2.05) is 0 Å².